The van der Waals surface area contributed by atoms with Crippen LogP contribution >= 0.6 is 0 Å². The summed E-state index contributed by atoms with van der Waals surface area (Å²) in [5.41, 5.74) is 3.35. The zero-order valence-electron chi connectivity index (χ0n) is 14.1. The number of nitrogens with one attached hydrogen (secondary N) is 1. The molecule has 3 nitrogen and oxygen atoms in total. The highest BCUT2D eigenvalue weighted by molar-refractivity contribution is 5.75. The third-order valence-corrected chi connectivity index (χ3v) is 3.97. The Kier molecular flexibility index (Phi) is 6.72. The predicted molar refractivity (Wildman–Crippen MR) is 95.1 cm³/mol. The normalized spacial score (nSPS) is 11.2. The summed E-state index contributed by atoms with van der Waals surface area (Å²) in [6.07, 6.45) is 3.92. The maximum atomic E-state index is 12.3. The molecule has 1 unspecified atom stereocenters. The van der Waals surface area contributed by atoms with Gasteiger partial charge in [-0.15, -0.1) is 0 Å². The summed E-state index contributed by atoms with van der Waals surface area (Å²) in [5.74, 6) is 0.00145. The van der Waals surface area contributed by atoms with Crippen molar-refractivity contribution in [2.45, 2.75) is 19.5 Å². The highest BCUT2D eigenvalue weighted by atomic mass is 35.5. The molecular formula is C21H21ClN2O. The fourth-order valence-electron chi connectivity index (χ4n) is 2.70. The van der Waals surface area contributed by atoms with E-state index in [0.29, 0.717) is 6.54 Å². The highest BCUT2D eigenvalue weighted by Gasteiger charge is 2.14. The topological polar surface area (TPSA) is 33.0 Å². The van der Waals surface area contributed by atoms with Gasteiger partial charge in [0.15, 0.2) is 12.4 Å². The molecule has 0 bridgehead atoms. The van der Waals surface area contributed by atoms with Crippen molar-refractivity contribution >= 4 is 5.91 Å². The molecule has 3 aromatic rings. The minimum absolute atomic E-state index is 0. The van der Waals surface area contributed by atoms with Crippen LogP contribution in [0.2, 0.25) is 0 Å². The van der Waals surface area contributed by atoms with Crippen LogP contribution in [-0.2, 0) is 11.3 Å². The van der Waals surface area contributed by atoms with E-state index in [-0.39, 0.29) is 24.4 Å². The predicted octanol–water partition coefficient (Wildman–Crippen LogP) is 0.523. The molecule has 1 heterocycles. The first-order valence-electron chi connectivity index (χ1n) is 8.11. The second-order valence-corrected chi connectivity index (χ2v) is 5.83. The Morgan fingerprint density at radius 2 is 1.52 bits per heavy atom. The monoisotopic (exact) mass is 352 g/mol. The summed E-state index contributed by atoms with van der Waals surface area (Å²) < 4.78 is 1.91. The molecular weight excluding hydrogens is 332 g/mol. The van der Waals surface area contributed by atoms with Crippen molar-refractivity contribution in [2.75, 3.05) is 0 Å². The molecule has 0 saturated carbocycles. The number of benzene rings is 2. The van der Waals surface area contributed by atoms with E-state index >= 15 is 0 Å². The van der Waals surface area contributed by atoms with Gasteiger partial charge in [-0.25, -0.2) is 0 Å². The second-order valence-electron chi connectivity index (χ2n) is 5.83. The van der Waals surface area contributed by atoms with Crippen molar-refractivity contribution in [1.29, 1.82) is 0 Å². The van der Waals surface area contributed by atoms with Crippen LogP contribution in [0.3, 0.4) is 0 Å². The van der Waals surface area contributed by atoms with E-state index in [1.807, 2.05) is 78.5 Å². The summed E-state index contributed by atoms with van der Waals surface area (Å²) >= 11 is 0. The first kappa shape index (κ1) is 18.7. The van der Waals surface area contributed by atoms with Gasteiger partial charge < -0.3 is 17.7 Å². The number of halogens is 1. The van der Waals surface area contributed by atoms with Gasteiger partial charge in [0.1, 0.15) is 0 Å². The lowest BCUT2D eigenvalue weighted by molar-refractivity contribution is -0.684. The van der Waals surface area contributed by atoms with Crippen molar-refractivity contribution in [2.24, 2.45) is 0 Å². The molecule has 1 amide bonds. The van der Waals surface area contributed by atoms with Gasteiger partial charge in [0.2, 0.25) is 6.54 Å². The van der Waals surface area contributed by atoms with Gasteiger partial charge in [-0.3, -0.25) is 4.79 Å². The van der Waals surface area contributed by atoms with Crippen LogP contribution in [0.15, 0.2) is 85.2 Å². The first-order valence-corrected chi connectivity index (χ1v) is 8.11. The largest absolute Gasteiger partial charge is 1.00 e. The first-order chi connectivity index (χ1) is 11.7. The molecule has 0 radical (unpaired) electrons. The molecule has 1 aromatic heterocycles. The number of carbonyl (C=O) groups excluding carboxylic acids is 1. The Hall–Kier alpha value is -2.65. The zero-order valence-corrected chi connectivity index (χ0v) is 14.9. The number of rotatable bonds is 5. The SMILES string of the molecule is CC(NC(=O)C[n+]1cccc(-c2ccccc2)c1)c1ccccc1.[Cl-]. The van der Waals surface area contributed by atoms with Crippen molar-refractivity contribution in [3.63, 3.8) is 0 Å². The Morgan fingerprint density at radius 3 is 2.20 bits per heavy atom. The van der Waals surface area contributed by atoms with Gasteiger partial charge in [-0.2, -0.15) is 4.57 Å². The van der Waals surface area contributed by atoms with E-state index in [1.165, 1.54) is 0 Å². The van der Waals surface area contributed by atoms with Gasteiger partial charge in [-0.1, -0.05) is 60.7 Å². The van der Waals surface area contributed by atoms with E-state index in [9.17, 15) is 4.79 Å². The van der Waals surface area contributed by atoms with Crippen LogP contribution < -0.4 is 22.3 Å². The van der Waals surface area contributed by atoms with E-state index < -0.39 is 0 Å². The number of carbonyl (C=O) groups is 1. The minimum Gasteiger partial charge on any atom is -1.00 e. The summed E-state index contributed by atoms with van der Waals surface area (Å²) in [6, 6.07) is 24.2. The number of nitrogens with zero attached hydrogens (tertiary/aromatic N) is 1. The average Bonchev–Trinajstić information content (AvgIpc) is 2.63. The Bertz CT molecular complexity index is 806. The Labute approximate surface area is 154 Å². The fraction of sp³-hybridized carbons (Fsp3) is 0.143. The third kappa shape index (κ3) is 5.16. The molecule has 0 spiro atoms. The van der Waals surface area contributed by atoms with E-state index in [2.05, 4.69) is 23.5 Å². The highest BCUT2D eigenvalue weighted by Crippen LogP contribution is 2.16. The molecule has 0 aliphatic heterocycles. The molecule has 0 aliphatic rings. The van der Waals surface area contributed by atoms with Crippen molar-refractivity contribution < 1.29 is 21.8 Å². The fourth-order valence-corrected chi connectivity index (χ4v) is 2.70. The van der Waals surface area contributed by atoms with Crippen LogP contribution in [0.4, 0.5) is 0 Å². The summed E-state index contributed by atoms with van der Waals surface area (Å²) in [5, 5.41) is 3.04. The lowest BCUT2D eigenvalue weighted by Crippen LogP contribution is -3.00. The van der Waals surface area contributed by atoms with Crippen LogP contribution in [0.1, 0.15) is 18.5 Å². The van der Waals surface area contributed by atoms with Crippen molar-refractivity contribution in [3.8, 4) is 11.1 Å². The molecule has 0 aliphatic carbocycles. The molecule has 2 aromatic carbocycles. The quantitative estimate of drug-likeness (QED) is 0.667. The molecule has 25 heavy (non-hydrogen) atoms. The smallest absolute Gasteiger partial charge is 0.286 e. The second kappa shape index (κ2) is 9.00. The summed E-state index contributed by atoms with van der Waals surface area (Å²) in [4.78, 5) is 12.3. The van der Waals surface area contributed by atoms with Gasteiger partial charge in [-0.05, 0) is 24.1 Å². The van der Waals surface area contributed by atoms with Crippen LogP contribution in [0, 0.1) is 0 Å². The van der Waals surface area contributed by atoms with Gasteiger partial charge in [0.05, 0.1) is 6.04 Å². The number of hydrogen-bond donors (Lipinski definition) is 1. The Balaban J connectivity index is 0.00000225. The minimum atomic E-state index is -0.00314. The van der Waals surface area contributed by atoms with Crippen LogP contribution in [0.5, 0.6) is 0 Å². The maximum Gasteiger partial charge on any atom is 0.286 e. The standard InChI is InChI=1S/C21H20N2O.ClH/c1-17(18-9-4-2-5-10-18)22-21(24)16-23-14-8-13-20(15-23)19-11-6-3-7-12-19;/h2-15,17H,16H2,1H3;1H. The molecule has 128 valence electrons. The molecule has 3 rings (SSSR count). The average molecular weight is 353 g/mol. The molecule has 1 N–H and O–H groups in total. The van der Waals surface area contributed by atoms with Crippen molar-refractivity contribution in [3.05, 3.63) is 90.8 Å². The van der Waals surface area contributed by atoms with E-state index in [0.717, 1.165) is 16.7 Å². The molecule has 1 atom stereocenters. The number of hydrogen-bond acceptors (Lipinski definition) is 1. The van der Waals surface area contributed by atoms with E-state index in [4.69, 9.17) is 0 Å². The molecule has 0 fully saturated rings. The van der Waals surface area contributed by atoms with Gasteiger partial charge >= 0.3 is 0 Å². The Morgan fingerprint density at radius 1 is 0.920 bits per heavy atom. The van der Waals surface area contributed by atoms with Gasteiger partial charge in [0, 0.05) is 11.6 Å². The third-order valence-electron chi connectivity index (χ3n) is 3.97. The van der Waals surface area contributed by atoms with E-state index in [1.54, 1.807) is 0 Å². The molecule has 4 heteroatoms. The lowest BCUT2D eigenvalue weighted by Gasteiger charge is -2.13. The van der Waals surface area contributed by atoms with Crippen molar-refractivity contribution in [1.82, 2.24) is 5.32 Å². The maximum absolute atomic E-state index is 12.3. The molecule has 0 saturated heterocycles. The summed E-state index contributed by atoms with van der Waals surface area (Å²) in [6.45, 7) is 2.30. The van der Waals surface area contributed by atoms with Gasteiger partial charge in [0.25, 0.3) is 5.91 Å². The summed E-state index contributed by atoms with van der Waals surface area (Å²) in [7, 11) is 0. The van der Waals surface area contributed by atoms with Crippen LogP contribution in [0.25, 0.3) is 11.1 Å². The van der Waals surface area contributed by atoms with Crippen LogP contribution in [-0.4, -0.2) is 5.91 Å². The lowest BCUT2D eigenvalue weighted by atomic mass is 10.1. The number of amides is 1. The number of aromatic nitrogens is 1. The number of pyridine rings is 1. The zero-order chi connectivity index (χ0) is 16.8.